The van der Waals surface area contributed by atoms with Gasteiger partial charge in [-0.3, -0.25) is 0 Å². The van der Waals surface area contributed by atoms with E-state index in [0.29, 0.717) is 6.54 Å². The number of nitrogens with zero attached hydrogens (tertiary/aromatic N) is 2. The number of methoxy groups -OCH3 is 1. The second-order valence-corrected chi connectivity index (χ2v) is 5.24. The summed E-state index contributed by atoms with van der Waals surface area (Å²) in [4.78, 5) is 0. The number of aromatic nitrogens is 2. The van der Waals surface area contributed by atoms with E-state index < -0.39 is 0 Å². The summed E-state index contributed by atoms with van der Waals surface area (Å²) in [6, 6.07) is 4.13. The average molecular weight is 263 g/mol. The van der Waals surface area contributed by atoms with Crippen LogP contribution < -0.4 is 10.5 Å². The number of hydrogen-bond donors (Lipinski definition) is 1. The lowest BCUT2D eigenvalue weighted by molar-refractivity contribution is 0.411. The van der Waals surface area contributed by atoms with Crippen LogP contribution in [0.3, 0.4) is 0 Å². The van der Waals surface area contributed by atoms with Gasteiger partial charge >= 0.3 is 0 Å². The molecule has 1 aromatic carbocycles. The molecule has 2 aromatic rings. The number of rotatable bonds is 4. The summed E-state index contributed by atoms with van der Waals surface area (Å²) in [5.41, 5.74) is 8.89. The molecule has 5 heteroatoms. The van der Waals surface area contributed by atoms with Crippen LogP contribution in [0.15, 0.2) is 12.1 Å². The topological polar surface area (TPSA) is 61.0 Å². The number of nitrogens with two attached hydrogens (primary N) is 1. The molecule has 0 radical (unpaired) electrons. The number of ether oxygens (including phenoxy) is 1. The zero-order valence-electron chi connectivity index (χ0n) is 10.9. The van der Waals surface area contributed by atoms with Crippen LogP contribution in [0.4, 0.5) is 0 Å². The van der Waals surface area contributed by atoms with Gasteiger partial charge in [0, 0.05) is 12.0 Å². The highest BCUT2D eigenvalue weighted by molar-refractivity contribution is 7.14. The Morgan fingerprint density at radius 1 is 1.22 bits per heavy atom. The summed E-state index contributed by atoms with van der Waals surface area (Å²) in [7, 11) is 1.69. The highest BCUT2D eigenvalue weighted by Gasteiger charge is 2.11. The van der Waals surface area contributed by atoms with E-state index >= 15 is 0 Å². The van der Waals surface area contributed by atoms with E-state index in [4.69, 9.17) is 10.5 Å². The summed E-state index contributed by atoms with van der Waals surface area (Å²) < 4.78 is 5.31. The molecule has 18 heavy (non-hydrogen) atoms. The van der Waals surface area contributed by atoms with E-state index in [-0.39, 0.29) is 0 Å². The van der Waals surface area contributed by atoms with E-state index in [9.17, 15) is 0 Å². The van der Waals surface area contributed by atoms with Crippen molar-refractivity contribution in [2.45, 2.75) is 20.3 Å². The molecule has 0 saturated carbocycles. The Bertz CT molecular complexity index is 551. The van der Waals surface area contributed by atoms with Gasteiger partial charge in [-0.15, -0.1) is 10.2 Å². The van der Waals surface area contributed by atoms with E-state index in [1.54, 1.807) is 18.4 Å². The van der Waals surface area contributed by atoms with Crippen LogP contribution >= 0.6 is 11.3 Å². The predicted octanol–water partition coefficient (Wildman–Crippen LogP) is 2.33. The van der Waals surface area contributed by atoms with Gasteiger partial charge in [0.25, 0.3) is 0 Å². The van der Waals surface area contributed by atoms with Crippen molar-refractivity contribution < 1.29 is 4.74 Å². The third kappa shape index (κ3) is 2.52. The maximum Gasteiger partial charge on any atom is 0.148 e. The van der Waals surface area contributed by atoms with Gasteiger partial charge in [0.1, 0.15) is 15.8 Å². The zero-order chi connectivity index (χ0) is 13.1. The van der Waals surface area contributed by atoms with Crippen LogP contribution in [0.1, 0.15) is 16.1 Å². The Labute approximate surface area is 111 Å². The minimum Gasteiger partial charge on any atom is -0.496 e. The molecule has 2 rings (SSSR count). The van der Waals surface area contributed by atoms with Gasteiger partial charge in [-0.1, -0.05) is 11.3 Å². The number of aryl methyl sites for hydroxylation is 2. The molecule has 0 unspecified atom stereocenters. The Kier molecular flexibility index (Phi) is 3.93. The minimum atomic E-state index is 0.606. The van der Waals surface area contributed by atoms with Crippen molar-refractivity contribution in [2.75, 3.05) is 13.7 Å². The van der Waals surface area contributed by atoms with Crippen molar-refractivity contribution in [2.24, 2.45) is 5.73 Å². The van der Waals surface area contributed by atoms with Gasteiger partial charge < -0.3 is 10.5 Å². The van der Waals surface area contributed by atoms with Crippen LogP contribution in [0.25, 0.3) is 10.6 Å². The summed E-state index contributed by atoms with van der Waals surface area (Å²) in [5.74, 6) is 0.906. The first-order chi connectivity index (χ1) is 8.65. The van der Waals surface area contributed by atoms with Gasteiger partial charge in [0.05, 0.1) is 7.11 Å². The molecule has 4 nitrogen and oxygen atoms in total. The second kappa shape index (κ2) is 5.46. The van der Waals surface area contributed by atoms with Gasteiger partial charge in [-0.25, -0.2) is 0 Å². The fourth-order valence-electron chi connectivity index (χ4n) is 1.83. The summed E-state index contributed by atoms with van der Waals surface area (Å²) in [6.45, 7) is 4.69. The van der Waals surface area contributed by atoms with Crippen LogP contribution in [0.2, 0.25) is 0 Å². The van der Waals surface area contributed by atoms with Gasteiger partial charge in [0.2, 0.25) is 0 Å². The maximum absolute atomic E-state index is 5.52. The highest BCUT2D eigenvalue weighted by atomic mass is 32.1. The Morgan fingerprint density at radius 3 is 2.67 bits per heavy atom. The van der Waals surface area contributed by atoms with Crippen molar-refractivity contribution in [3.8, 4) is 16.3 Å². The number of hydrogen-bond acceptors (Lipinski definition) is 5. The molecule has 0 bridgehead atoms. The normalized spacial score (nSPS) is 10.7. The lowest BCUT2D eigenvalue weighted by atomic mass is 10.1. The summed E-state index contributed by atoms with van der Waals surface area (Å²) in [6.07, 6.45) is 0.784. The van der Waals surface area contributed by atoms with Crippen LogP contribution in [0, 0.1) is 13.8 Å². The molecule has 1 heterocycles. The molecule has 0 aliphatic carbocycles. The third-order valence-electron chi connectivity index (χ3n) is 2.80. The molecule has 2 N–H and O–H groups in total. The molecule has 0 saturated heterocycles. The van der Waals surface area contributed by atoms with Gasteiger partial charge in [-0.2, -0.15) is 0 Å². The van der Waals surface area contributed by atoms with Crippen LogP contribution in [-0.2, 0) is 6.42 Å². The minimum absolute atomic E-state index is 0.606. The van der Waals surface area contributed by atoms with E-state index in [2.05, 4.69) is 23.2 Å². The fraction of sp³-hybridized carbons (Fsp3) is 0.385. The largest absolute Gasteiger partial charge is 0.496 e. The van der Waals surface area contributed by atoms with Crippen molar-refractivity contribution in [3.05, 3.63) is 28.3 Å². The molecule has 1 aromatic heterocycles. The monoisotopic (exact) mass is 263 g/mol. The van der Waals surface area contributed by atoms with Crippen LogP contribution in [0.5, 0.6) is 5.75 Å². The van der Waals surface area contributed by atoms with Crippen molar-refractivity contribution in [1.29, 1.82) is 0 Å². The lowest BCUT2D eigenvalue weighted by Gasteiger charge is -2.08. The lowest BCUT2D eigenvalue weighted by Crippen LogP contribution is -2.01. The molecule has 0 fully saturated rings. The Morgan fingerprint density at radius 2 is 2.00 bits per heavy atom. The first kappa shape index (κ1) is 13.0. The first-order valence-corrected chi connectivity index (χ1v) is 6.65. The van der Waals surface area contributed by atoms with Gasteiger partial charge in [-0.05, 0) is 43.7 Å². The molecule has 0 aliphatic rings. The first-order valence-electron chi connectivity index (χ1n) is 5.83. The SMILES string of the molecule is COc1cc(C)c(-c2nnc(CCN)s2)cc1C. The van der Waals surface area contributed by atoms with Crippen molar-refractivity contribution in [1.82, 2.24) is 10.2 Å². The van der Waals surface area contributed by atoms with Crippen molar-refractivity contribution >= 4 is 11.3 Å². The Hall–Kier alpha value is -1.46. The molecule has 0 aliphatic heterocycles. The molecule has 0 atom stereocenters. The summed E-state index contributed by atoms with van der Waals surface area (Å²) in [5, 5.41) is 10.3. The predicted molar refractivity (Wildman–Crippen MR) is 74.1 cm³/mol. The number of benzene rings is 1. The average Bonchev–Trinajstić information content (AvgIpc) is 2.80. The molecule has 0 spiro atoms. The second-order valence-electron chi connectivity index (χ2n) is 4.18. The van der Waals surface area contributed by atoms with Gasteiger partial charge in [0.15, 0.2) is 0 Å². The van der Waals surface area contributed by atoms with Crippen molar-refractivity contribution in [3.63, 3.8) is 0 Å². The molecular formula is C13H17N3OS. The smallest absolute Gasteiger partial charge is 0.148 e. The highest BCUT2D eigenvalue weighted by Crippen LogP contribution is 2.31. The maximum atomic E-state index is 5.52. The van der Waals surface area contributed by atoms with Crippen LogP contribution in [-0.4, -0.2) is 23.9 Å². The Balaban J connectivity index is 2.40. The zero-order valence-corrected chi connectivity index (χ0v) is 11.7. The quantitative estimate of drug-likeness (QED) is 0.919. The standard InChI is InChI=1S/C13H17N3OS/c1-8-7-11(17-3)9(2)6-10(8)13-16-15-12(18-13)4-5-14/h6-7H,4-5,14H2,1-3H3. The fourth-order valence-corrected chi connectivity index (χ4v) is 2.76. The molecule has 0 amide bonds. The third-order valence-corrected chi connectivity index (χ3v) is 3.81. The molecule has 96 valence electrons. The molecular weight excluding hydrogens is 246 g/mol. The van der Waals surface area contributed by atoms with E-state index in [0.717, 1.165) is 38.9 Å². The van der Waals surface area contributed by atoms with E-state index in [1.807, 2.05) is 13.0 Å². The summed E-state index contributed by atoms with van der Waals surface area (Å²) >= 11 is 1.60. The van der Waals surface area contributed by atoms with E-state index in [1.165, 1.54) is 0 Å².